The highest BCUT2D eigenvalue weighted by atomic mass is 79.9. The molecule has 1 aliphatic heterocycles. The topological polar surface area (TPSA) is 15.3 Å². The van der Waals surface area contributed by atoms with Gasteiger partial charge in [0.15, 0.2) is 0 Å². The van der Waals surface area contributed by atoms with Crippen molar-refractivity contribution in [2.45, 2.75) is 18.6 Å². The largest absolute Gasteiger partial charge is 0.416 e. The van der Waals surface area contributed by atoms with Crippen molar-refractivity contribution >= 4 is 40.7 Å². The molecule has 0 unspecified atom stereocenters. The van der Waals surface area contributed by atoms with Crippen LogP contribution in [-0.2, 0) is 6.18 Å². The molecule has 23 heavy (non-hydrogen) atoms. The fourth-order valence-electron chi connectivity index (χ4n) is 2.40. The Kier molecular flexibility index (Phi) is 9.30. The maximum absolute atomic E-state index is 13.4. The lowest BCUT2D eigenvalue weighted by molar-refractivity contribution is -0.137. The van der Waals surface area contributed by atoms with Gasteiger partial charge in [-0.1, -0.05) is 15.9 Å². The van der Waals surface area contributed by atoms with Gasteiger partial charge in [-0.15, -0.1) is 24.8 Å². The van der Waals surface area contributed by atoms with E-state index >= 15 is 0 Å². The summed E-state index contributed by atoms with van der Waals surface area (Å²) in [6.07, 6.45) is -7.31. The molecule has 1 fully saturated rings. The molecule has 0 bridgehead atoms. The molecular weight excluding hydrogens is 430 g/mol. The van der Waals surface area contributed by atoms with Crippen molar-refractivity contribution in [3.8, 4) is 0 Å². The number of rotatable bonds is 3. The Morgan fingerprint density at radius 1 is 1.09 bits per heavy atom. The van der Waals surface area contributed by atoms with Gasteiger partial charge >= 0.3 is 6.18 Å². The third-order valence-electron chi connectivity index (χ3n) is 3.43. The number of hydrogen-bond acceptors (Lipinski definition) is 2. The Hall–Kier alpha value is -0.150. The molecule has 1 saturated heterocycles. The van der Waals surface area contributed by atoms with Gasteiger partial charge in [0.2, 0.25) is 0 Å². The Morgan fingerprint density at radius 3 is 2.13 bits per heavy atom. The monoisotopic (exact) mass is 444 g/mol. The number of alkyl halides is 5. The van der Waals surface area contributed by atoms with E-state index in [0.29, 0.717) is 26.2 Å². The summed E-state index contributed by atoms with van der Waals surface area (Å²) in [6.45, 7) is 1.83. The van der Waals surface area contributed by atoms with E-state index in [1.165, 1.54) is 11.0 Å². The molecular formula is C13H16BrCl2F5N2. The first-order valence-electron chi connectivity index (χ1n) is 6.40. The van der Waals surface area contributed by atoms with Crippen LogP contribution in [0.25, 0.3) is 0 Å². The zero-order chi connectivity index (χ0) is 15.6. The lowest BCUT2D eigenvalue weighted by atomic mass is 10.0. The van der Waals surface area contributed by atoms with Gasteiger partial charge in [0.1, 0.15) is 0 Å². The smallest absolute Gasteiger partial charge is 0.314 e. The molecule has 1 heterocycles. The van der Waals surface area contributed by atoms with Gasteiger partial charge in [-0.05, 0) is 23.8 Å². The third kappa shape index (κ3) is 5.70. The van der Waals surface area contributed by atoms with E-state index in [1.54, 1.807) is 0 Å². The zero-order valence-corrected chi connectivity index (χ0v) is 15.0. The molecule has 2 rings (SSSR count). The van der Waals surface area contributed by atoms with Gasteiger partial charge in [-0.3, -0.25) is 4.90 Å². The number of benzene rings is 1. The molecule has 0 spiro atoms. The minimum Gasteiger partial charge on any atom is -0.314 e. The van der Waals surface area contributed by atoms with Crippen molar-refractivity contribution in [3.05, 3.63) is 33.8 Å². The van der Waals surface area contributed by atoms with Crippen molar-refractivity contribution in [1.29, 1.82) is 0 Å². The summed E-state index contributed by atoms with van der Waals surface area (Å²) < 4.78 is 65.4. The number of piperazine rings is 1. The number of hydrogen-bond donors (Lipinski definition) is 1. The van der Waals surface area contributed by atoms with Crippen LogP contribution in [0, 0.1) is 0 Å². The van der Waals surface area contributed by atoms with Crippen molar-refractivity contribution in [2.24, 2.45) is 0 Å². The van der Waals surface area contributed by atoms with E-state index in [1.807, 2.05) is 0 Å². The van der Waals surface area contributed by atoms with Gasteiger partial charge in [-0.25, -0.2) is 8.78 Å². The molecule has 0 aliphatic carbocycles. The highest BCUT2D eigenvalue weighted by molar-refractivity contribution is 9.10. The quantitative estimate of drug-likeness (QED) is 0.688. The van der Waals surface area contributed by atoms with Crippen molar-refractivity contribution in [1.82, 2.24) is 10.2 Å². The van der Waals surface area contributed by atoms with Gasteiger partial charge in [0.25, 0.3) is 6.43 Å². The van der Waals surface area contributed by atoms with Gasteiger partial charge in [0, 0.05) is 30.7 Å². The maximum Gasteiger partial charge on any atom is 0.416 e. The maximum atomic E-state index is 13.4. The highest BCUT2D eigenvalue weighted by Gasteiger charge is 2.35. The van der Waals surface area contributed by atoms with E-state index in [2.05, 4.69) is 21.2 Å². The second-order valence-corrected chi connectivity index (χ2v) is 5.65. The first-order chi connectivity index (χ1) is 9.80. The van der Waals surface area contributed by atoms with Crippen LogP contribution in [0.3, 0.4) is 0 Å². The predicted octanol–water partition coefficient (Wildman–Crippen LogP) is 4.52. The molecule has 10 heteroatoms. The van der Waals surface area contributed by atoms with Crippen LogP contribution in [0.1, 0.15) is 17.2 Å². The van der Waals surface area contributed by atoms with Gasteiger partial charge < -0.3 is 5.32 Å². The normalized spacial score (nSPS) is 17.3. The van der Waals surface area contributed by atoms with Crippen LogP contribution in [0.15, 0.2) is 22.7 Å². The van der Waals surface area contributed by atoms with Crippen LogP contribution < -0.4 is 5.32 Å². The second kappa shape index (κ2) is 9.36. The fourth-order valence-corrected chi connectivity index (χ4v) is 2.88. The lowest BCUT2D eigenvalue weighted by Gasteiger charge is -2.35. The first kappa shape index (κ1) is 22.9. The minimum atomic E-state index is -4.55. The summed E-state index contributed by atoms with van der Waals surface area (Å²) in [6, 6.07) is 1.52. The Bertz CT molecular complexity index is 496. The molecule has 1 aliphatic rings. The van der Waals surface area contributed by atoms with Gasteiger partial charge in [-0.2, -0.15) is 13.2 Å². The third-order valence-corrected chi connectivity index (χ3v) is 4.15. The average Bonchev–Trinajstić information content (AvgIpc) is 2.40. The Balaban J connectivity index is 0.00000242. The molecule has 1 atom stereocenters. The molecule has 0 aromatic heterocycles. The Labute approximate surface area is 151 Å². The SMILES string of the molecule is Cl.Cl.FC(F)[C@@H](c1cc(C(F)(F)F)ccc1Br)N1CCNCC1. The standard InChI is InChI=1S/C13H14BrF5N2.2ClH/c14-10-2-1-8(13(17,18)19)7-9(10)11(12(15)16)21-5-3-20-4-6-21;;/h1-2,7,11-12,20H,3-6H2;2*1H/t11-;;/m1../s1. The van der Waals surface area contributed by atoms with Crippen molar-refractivity contribution < 1.29 is 22.0 Å². The van der Waals surface area contributed by atoms with E-state index in [9.17, 15) is 22.0 Å². The van der Waals surface area contributed by atoms with Crippen LogP contribution in [0.2, 0.25) is 0 Å². The molecule has 0 saturated carbocycles. The summed E-state index contributed by atoms with van der Waals surface area (Å²) in [5.74, 6) is 0. The van der Waals surface area contributed by atoms with E-state index < -0.39 is 24.2 Å². The number of halogens is 8. The van der Waals surface area contributed by atoms with Crippen molar-refractivity contribution in [2.75, 3.05) is 26.2 Å². The number of nitrogens with one attached hydrogen (secondary N) is 1. The van der Waals surface area contributed by atoms with Gasteiger partial charge in [0.05, 0.1) is 11.6 Å². The summed E-state index contributed by atoms with van der Waals surface area (Å²) in [7, 11) is 0. The summed E-state index contributed by atoms with van der Waals surface area (Å²) in [4.78, 5) is 1.52. The van der Waals surface area contributed by atoms with E-state index in [4.69, 9.17) is 0 Å². The highest BCUT2D eigenvalue weighted by Crippen LogP contribution is 2.37. The summed E-state index contributed by atoms with van der Waals surface area (Å²) in [5.41, 5.74) is -0.941. The summed E-state index contributed by atoms with van der Waals surface area (Å²) in [5, 5.41) is 3.03. The Morgan fingerprint density at radius 2 is 1.65 bits per heavy atom. The first-order valence-corrected chi connectivity index (χ1v) is 7.19. The summed E-state index contributed by atoms with van der Waals surface area (Å²) >= 11 is 3.09. The average molecular weight is 446 g/mol. The molecule has 2 nitrogen and oxygen atoms in total. The second-order valence-electron chi connectivity index (χ2n) is 4.80. The van der Waals surface area contributed by atoms with E-state index in [-0.39, 0.29) is 34.9 Å². The lowest BCUT2D eigenvalue weighted by Crippen LogP contribution is -2.47. The molecule has 0 radical (unpaired) electrons. The molecule has 134 valence electrons. The number of nitrogens with zero attached hydrogens (tertiary/aromatic N) is 1. The minimum absolute atomic E-state index is 0. The fraction of sp³-hybridized carbons (Fsp3) is 0.538. The molecule has 1 aromatic rings. The van der Waals surface area contributed by atoms with Crippen LogP contribution in [0.5, 0.6) is 0 Å². The van der Waals surface area contributed by atoms with Crippen LogP contribution in [-0.4, -0.2) is 37.5 Å². The molecule has 1 N–H and O–H groups in total. The van der Waals surface area contributed by atoms with Crippen molar-refractivity contribution in [3.63, 3.8) is 0 Å². The predicted molar refractivity (Wildman–Crippen MR) is 86.8 cm³/mol. The molecule has 1 aromatic carbocycles. The zero-order valence-electron chi connectivity index (χ0n) is 11.7. The van der Waals surface area contributed by atoms with E-state index in [0.717, 1.165) is 12.1 Å². The van der Waals surface area contributed by atoms with Crippen LogP contribution >= 0.6 is 40.7 Å². The molecule has 0 amide bonds. The van der Waals surface area contributed by atoms with Crippen LogP contribution in [0.4, 0.5) is 22.0 Å².